The van der Waals surface area contributed by atoms with Gasteiger partial charge in [0.2, 0.25) is 5.95 Å². The fourth-order valence-corrected chi connectivity index (χ4v) is 3.22. The zero-order chi connectivity index (χ0) is 16.9. The number of benzene rings is 1. The van der Waals surface area contributed by atoms with Crippen LogP contribution in [0.1, 0.15) is 26.7 Å². The number of unbranched alkanes of at least 4 members (excludes halogenated alkanes) is 1. The Morgan fingerprint density at radius 2 is 2.08 bits per heavy atom. The van der Waals surface area contributed by atoms with Crippen LogP contribution < -0.4 is 14.5 Å². The SMILES string of the molecule is CCCCn1nnnc1N1CCN(c2ccccc2OC)CC1C. The summed E-state index contributed by atoms with van der Waals surface area (Å²) >= 11 is 0. The Morgan fingerprint density at radius 3 is 2.83 bits per heavy atom. The Kier molecular flexibility index (Phi) is 5.17. The number of nitrogens with zero attached hydrogens (tertiary/aromatic N) is 6. The highest BCUT2D eigenvalue weighted by atomic mass is 16.5. The van der Waals surface area contributed by atoms with Gasteiger partial charge in [0.05, 0.1) is 12.8 Å². The summed E-state index contributed by atoms with van der Waals surface area (Å²) in [5.74, 6) is 1.81. The van der Waals surface area contributed by atoms with Crippen LogP contribution in [0.4, 0.5) is 11.6 Å². The van der Waals surface area contributed by atoms with E-state index in [1.807, 2.05) is 16.8 Å². The largest absolute Gasteiger partial charge is 0.495 e. The van der Waals surface area contributed by atoms with Gasteiger partial charge in [0.1, 0.15) is 5.75 Å². The molecule has 1 aromatic heterocycles. The molecule has 0 N–H and O–H groups in total. The predicted molar refractivity (Wildman–Crippen MR) is 94.7 cm³/mol. The molecule has 1 saturated heterocycles. The van der Waals surface area contributed by atoms with Crippen molar-refractivity contribution in [1.82, 2.24) is 20.2 Å². The van der Waals surface area contributed by atoms with Crippen molar-refractivity contribution in [2.75, 3.05) is 36.5 Å². The molecule has 0 radical (unpaired) electrons. The van der Waals surface area contributed by atoms with Crippen molar-refractivity contribution in [3.63, 3.8) is 0 Å². The van der Waals surface area contributed by atoms with E-state index in [0.717, 1.165) is 56.4 Å². The molecule has 0 bridgehead atoms. The van der Waals surface area contributed by atoms with Crippen LogP contribution in [0.3, 0.4) is 0 Å². The molecule has 130 valence electrons. The molecule has 1 fully saturated rings. The van der Waals surface area contributed by atoms with Gasteiger partial charge in [0, 0.05) is 32.2 Å². The number of hydrogen-bond acceptors (Lipinski definition) is 6. The average molecular weight is 330 g/mol. The van der Waals surface area contributed by atoms with E-state index >= 15 is 0 Å². The lowest BCUT2D eigenvalue weighted by atomic mass is 10.1. The highest BCUT2D eigenvalue weighted by molar-refractivity contribution is 5.59. The molecule has 3 rings (SSSR count). The van der Waals surface area contributed by atoms with E-state index in [0.29, 0.717) is 6.04 Å². The van der Waals surface area contributed by atoms with Crippen LogP contribution in [-0.2, 0) is 6.54 Å². The Morgan fingerprint density at radius 1 is 1.25 bits per heavy atom. The first kappa shape index (κ1) is 16.5. The van der Waals surface area contributed by atoms with Crippen LogP contribution in [0.15, 0.2) is 24.3 Å². The number of ether oxygens (including phenoxy) is 1. The van der Waals surface area contributed by atoms with Gasteiger partial charge in [-0.1, -0.05) is 30.6 Å². The fraction of sp³-hybridized carbons (Fsp3) is 0.588. The van der Waals surface area contributed by atoms with E-state index in [4.69, 9.17) is 4.74 Å². The second-order valence-corrected chi connectivity index (χ2v) is 6.22. The summed E-state index contributed by atoms with van der Waals surface area (Å²) in [5, 5.41) is 12.3. The number of aryl methyl sites for hydroxylation is 1. The van der Waals surface area contributed by atoms with Crippen LogP contribution >= 0.6 is 0 Å². The molecular weight excluding hydrogens is 304 g/mol. The van der Waals surface area contributed by atoms with E-state index in [2.05, 4.69) is 51.3 Å². The Balaban J connectivity index is 1.73. The first-order chi connectivity index (χ1) is 11.7. The van der Waals surface area contributed by atoms with Gasteiger partial charge in [0.15, 0.2) is 0 Å². The van der Waals surface area contributed by atoms with Crippen molar-refractivity contribution in [3.8, 4) is 5.75 Å². The highest BCUT2D eigenvalue weighted by Gasteiger charge is 2.28. The van der Waals surface area contributed by atoms with Crippen molar-refractivity contribution < 1.29 is 4.74 Å². The molecule has 7 heteroatoms. The van der Waals surface area contributed by atoms with Gasteiger partial charge in [-0.05, 0) is 35.9 Å². The lowest BCUT2D eigenvalue weighted by Gasteiger charge is -2.41. The topological polar surface area (TPSA) is 59.3 Å². The van der Waals surface area contributed by atoms with Crippen molar-refractivity contribution in [2.45, 2.75) is 39.3 Å². The minimum atomic E-state index is 0.329. The zero-order valence-electron chi connectivity index (χ0n) is 14.7. The minimum absolute atomic E-state index is 0.329. The molecule has 0 saturated carbocycles. The first-order valence-electron chi connectivity index (χ1n) is 8.65. The van der Waals surface area contributed by atoms with Gasteiger partial charge < -0.3 is 14.5 Å². The highest BCUT2D eigenvalue weighted by Crippen LogP contribution is 2.30. The standard InChI is InChI=1S/C17H26N6O/c1-4-5-10-23-17(18-19-20-23)22-12-11-21(13-14(22)2)15-8-6-7-9-16(15)24-3/h6-9,14H,4-5,10-13H2,1-3H3. The molecule has 24 heavy (non-hydrogen) atoms. The number of tetrazole rings is 1. The van der Waals surface area contributed by atoms with Crippen molar-refractivity contribution in [3.05, 3.63) is 24.3 Å². The lowest BCUT2D eigenvalue weighted by molar-refractivity contribution is 0.412. The van der Waals surface area contributed by atoms with Crippen LogP contribution in [0.2, 0.25) is 0 Å². The second-order valence-electron chi connectivity index (χ2n) is 6.22. The average Bonchev–Trinajstić information content (AvgIpc) is 3.08. The van der Waals surface area contributed by atoms with Gasteiger partial charge in [0.25, 0.3) is 0 Å². The Hall–Kier alpha value is -2.31. The van der Waals surface area contributed by atoms with E-state index < -0.39 is 0 Å². The monoisotopic (exact) mass is 330 g/mol. The van der Waals surface area contributed by atoms with E-state index in [-0.39, 0.29) is 0 Å². The molecule has 2 aromatic rings. The predicted octanol–water partition coefficient (Wildman–Crippen LogP) is 2.20. The number of para-hydroxylation sites is 2. The molecule has 1 aliphatic heterocycles. The summed E-state index contributed by atoms with van der Waals surface area (Å²) in [7, 11) is 1.72. The maximum atomic E-state index is 5.50. The molecule has 1 aliphatic rings. The summed E-state index contributed by atoms with van der Waals surface area (Å²) < 4.78 is 7.43. The molecule has 0 spiro atoms. The zero-order valence-corrected chi connectivity index (χ0v) is 14.7. The summed E-state index contributed by atoms with van der Waals surface area (Å²) in [6, 6.07) is 8.52. The third-order valence-electron chi connectivity index (χ3n) is 4.55. The summed E-state index contributed by atoms with van der Waals surface area (Å²) in [6.45, 7) is 8.01. The third kappa shape index (κ3) is 3.29. The number of aromatic nitrogens is 4. The molecule has 0 aliphatic carbocycles. The summed E-state index contributed by atoms with van der Waals surface area (Å²) in [6.07, 6.45) is 2.23. The lowest BCUT2D eigenvalue weighted by Crippen LogP contribution is -2.53. The van der Waals surface area contributed by atoms with Gasteiger partial charge in [-0.15, -0.1) is 0 Å². The van der Waals surface area contributed by atoms with Crippen molar-refractivity contribution in [1.29, 1.82) is 0 Å². The summed E-state index contributed by atoms with van der Waals surface area (Å²) in [4.78, 5) is 4.68. The smallest absolute Gasteiger partial charge is 0.245 e. The molecule has 0 amide bonds. The Labute approximate surface area is 143 Å². The summed E-state index contributed by atoms with van der Waals surface area (Å²) in [5.41, 5.74) is 1.15. The Bertz CT molecular complexity index is 658. The normalized spacial score (nSPS) is 18.0. The van der Waals surface area contributed by atoms with E-state index in [9.17, 15) is 0 Å². The minimum Gasteiger partial charge on any atom is -0.495 e. The van der Waals surface area contributed by atoms with Crippen LogP contribution in [0, 0.1) is 0 Å². The van der Waals surface area contributed by atoms with E-state index in [1.54, 1.807) is 7.11 Å². The molecular formula is C17H26N6O. The maximum Gasteiger partial charge on any atom is 0.245 e. The van der Waals surface area contributed by atoms with Crippen LogP contribution in [0.25, 0.3) is 0 Å². The molecule has 2 heterocycles. The van der Waals surface area contributed by atoms with Gasteiger partial charge in [-0.2, -0.15) is 0 Å². The number of hydrogen-bond donors (Lipinski definition) is 0. The number of piperazine rings is 1. The quantitative estimate of drug-likeness (QED) is 0.809. The van der Waals surface area contributed by atoms with Gasteiger partial charge >= 0.3 is 0 Å². The number of methoxy groups -OCH3 is 1. The van der Waals surface area contributed by atoms with Crippen molar-refractivity contribution >= 4 is 11.6 Å². The van der Waals surface area contributed by atoms with Crippen LogP contribution in [0.5, 0.6) is 5.75 Å². The fourth-order valence-electron chi connectivity index (χ4n) is 3.22. The van der Waals surface area contributed by atoms with Gasteiger partial charge in [-0.25, -0.2) is 4.68 Å². The van der Waals surface area contributed by atoms with Crippen LogP contribution in [-0.4, -0.2) is 53.0 Å². The molecule has 1 aromatic carbocycles. The molecule has 7 nitrogen and oxygen atoms in total. The molecule has 1 unspecified atom stereocenters. The van der Waals surface area contributed by atoms with Crippen molar-refractivity contribution in [2.24, 2.45) is 0 Å². The third-order valence-corrected chi connectivity index (χ3v) is 4.55. The van der Waals surface area contributed by atoms with E-state index in [1.165, 1.54) is 0 Å². The molecule has 1 atom stereocenters. The number of rotatable bonds is 6. The first-order valence-corrected chi connectivity index (χ1v) is 8.65. The van der Waals surface area contributed by atoms with Gasteiger partial charge in [-0.3, -0.25) is 0 Å². The number of anilines is 2. The maximum absolute atomic E-state index is 5.50. The second kappa shape index (κ2) is 7.51.